The monoisotopic (exact) mass is 323 g/mol. The fraction of sp³-hybridized carbons (Fsp3) is 0.214. The minimum atomic E-state index is -0.761. The minimum Gasteiger partial charge on any atom is -0.317 e. The SMILES string of the molecule is Cc1ccc(Cl)cc1NC(=O)C(=O)Nc1nc(C)c(C)s1. The van der Waals surface area contributed by atoms with Crippen LogP contribution in [0.4, 0.5) is 10.8 Å². The molecule has 1 aromatic heterocycles. The third-order valence-electron chi connectivity index (χ3n) is 2.90. The number of thiazole rings is 1. The number of nitrogens with zero attached hydrogens (tertiary/aromatic N) is 1. The second kappa shape index (κ2) is 6.24. The smallest absolute Gasteiger partial charge is 0.315 e. The first kappa shape index (κ1) is 15.5. The summed E-state index contributed by atoms with van der Waals surface area (Å²) in [6, 6.07) is 5.08. The number of halogens is 1. The van der Waals surface area contributed by atoms with Crippen LogP contribution in [-0.4, -0.2) is 16.8 Å². The zero-order chi connectivity index (χ0) is 15.6. The van der Waals surface area contributed by atoms with Crippen molar-refractivity contribution in [3.63, 3.8) is 0 Å². The highest BCUT2D eigenvalue weighted by molar-refractivity contribution is 7.15. The van der Waals surface area contributed by atoms with E-state index in [0.717, 1.165) is 16.1 Å². The molecule has 110 valence electrons. The first-order valence-electron chi connectivity index (χ1n) is 6.19. The second-order valence-electron chi connectivity index (χ2n) is 4.53. The molecule has 2 amide bonds. The normalized spacial score (nSPS) is 10.3. The van der Waals surface area contributed by atoms with Gasteiger partial charge in [0.1, 0.15) is 0 Å². The molecule has 0 saturated carbocycles. The van der Waals surface area contributed by atoms with Gasteiger partial charge in [0, 0.05) is 15.6 Å². The third-order valence-corrected chi connectivity index (χ3v) is 4.13. The maximum atomic E-state index is 11.9. The van der Waals surface area contributed by atoms with Crippen molar-refractivity contribution in [2.24, 2.45) is 0 Å². The first-order chi connectivity index (χ1) is 9.86. The highest BCUT2D eigenvalue weighted by Gasteiger charge is 2.17. The van der Waals surface area contributed by atoms with Crippen molar-refractivity contribution in [3.8, 4) is 0 Å². The molecule has 1 heterocycles. The van der Waals surface area contributed by atoms with Gasteiger partial charge in [0.15, 0.2) is 5.13 Å². The summed E-state index contributed by atoms with van der Waals surface area (Å²) in [5.41, 5.74) is 2.16. The number of hydrogen-bond donors (Lipinski definition) is 2. The van der Waals surface area contributed by atoms with Gasteiger partial charge in [-0.2, -0.15) is 0 Å². The zero-order valence-corrected chi connectivity index (χ0v) is 13.4. The van der Waals surface area contributed by atoms with Gasteiger partial charge in [-0.15, -0.1) is 11.3 Å². The van der Waals surface area contributed by atoms with Crippen molar-refractivity contribution in [1.82, 2.24) is 4.98 Å². The Morgan fingerprint density at radius 1 is 1.14 bits per heavy atom. The maximum Gasteiger partial charge on any atom is 0.315 e. The van der Waals surface area contributed by atoms with Gasteiger partial charge in [0.25, 0.3) is 0 Å². The molecule has 0 radical (unpaired) electrons. The van der Waals surface area contributed by atoms with Gasteiger partial charge in [-0.1, -0.05) is 17.7 Å². The lowest BCUT2D eigenvalue weighted by atomic mass is 10.2. The molecule has 0 aliphatic rings. The molecule has 1 aromatic carbocycles. The van der Waals surface area contributed by atoms with Gasteiger partial charge < -0.3 is 5.32 Å². The van der Waals surface area contributed by atoms with Crippen LogP contribution in [0.2, 0.25) is 5.02 Å². The number of rotatable bonds is 2. The summed E-state index contributed by atoms with van der Waals surface area (Å²) < 4.78 is 0. The Hall–Kier alpha value is -1.92. The van der Waals surface area contributed by atoms with Gasteiger partial charge in [-0.05, 0) is 38.5 Å². The predicted octanol–water partition coefficient (Wildman–Crippen LogP) is 3.30. The summed E-state index contributed by atoms with van der Waals surface area (Å²) >= 11 is 7.20. The molecular formula is C14H14ClN3O2S. The molecule has 0 atom stereocenters. The Bertz CT molecular complexity index is 693. The molecule has 7 heteroatoms. The molecular weight excluding hydrogens is 310 g/mol. The lowest BCUT2D eigenvalue weighted by Crippen LogP contribution is -2.29. The Balaban J connectivity index is 2.06. The van der Waals surface area contributed by atoms with E-state index in [4.69, 9.17) is 11.6 Å². The van der Waals surface area contributed by atoms with Crippen LogP contribution in [0.1, 0.15) is 16.1 Å². The van der Waals surface area contributed by atoms with E-state index in [0.29, 0.717) is 15.8 Å². The summed E-state index contributed by atoms with van der Waals surface area (Å²) in [5.74, 6) is -1.52. The quantitative estimate of drug-likeness (QED) is 0.833. The summed E-state index contributed by atoms with van der Waals surface area (Å²) in [4.78, 5) is 28.9. The molecule has 21 heavy (non-hydrogen) atoms. The van der Waals surface area contributed by atoms with E-state index in [-0.39, 0.29) is 0 Å². The Morgan fingerprint density at radius 2 is 1.81 bits per heavy atom. The summed E-state index contributed by atoms with van der Waals surface area (Å²) in [5, 5.41) is 5.91. The number of benzene rings is 1. The zero-order valence-electron chi connectivity index (χ0n) is 11.8. The largest absolute Gasteiger partial charge is 0.317 e. The van der Waals surface area contributed by atoms with Gasteiger partial charge >= 0.3 is 11.8 Å². The van der Waals surface area contributed by atoms with E-state index in [2.05, 4.69) is 15.6 Å². The van der Waals surface area contributed by atoms with Crippen molar-refractivity contribution in [2.75, 3.05) is 10.6 Å². The molecule has 0 unspecified atom stereocenters. The highest BCUT2D eigenvalue weighted by Crippen LogP contribution is 2.22. The highest BCUT2D eigenvalue weighted by atomic mass is 35.5. The number of aryl methyl sites for hydroxylation is 3. The molecule has 0 spiro atoms. The van der Waals surface area contributed by atoms with Gasteiger partial charge in [-0.25, -0.2) is 4.98 Å². The van der Waals surface area contributed by atoms with Crippen LogP contribution in [0.3, 0.4) is 0 Å². The molecule has 0 bridgehead atoms. The number of hydrogen-bond acceptors (Lipinski definition) is 4. The topological polar surface area (TPSA) is 71.1 Å². The summed E-state index contributed by atoms with van der Waals surface area (Å²) in [7, 11) is 0. The molecule has 0 aliphatic carbocycles. The van der Waals surface area contributed by atoms with Crippen LogP contribution in [0.25, 0.3) is 0 Å². The lowest BCUT2D eigenvalue weighted by Gasteiger charge is -2.08. The lowest BCUT2D eigenvalue weighted by molar-refractivity contribution is -0.133. The molecule has 0 fully saturated rings. The Labute approximate surface area is 131 Å². The molecule has 2 rings (SSSR count). The number of amides is 2. The molecule has 0 saturated heterocycles. The standard InChI is InChI=1S/C14H14ClN3O2S/c1-7-4-5-10(15)6-11(7)17-12(19)13(20)18-14-16-8(2)9(3)21-14/h4-6H,1-3H3,(H,17,19)(H,16,18,20). The molecule has 5 nitrogen and oxygen atoms in total. The van der Waals surface area contributed by atoms with Crippen molar-refractivity contribution >= 4 is 45.6 Å². The summed E-state index contributed by atoms with van der Waals surface area (Å²) in [6.45, 7) is 5.56. The number of aromatic nitrogens is 1. The Kier molecular flexibility index (Phi) is 4.59. The average Bonchev–Trinajstić information content (AvgIpc) is 2.72. The minimum absolute atomic E-state index is 0.410. The predicted molar refractivity (Wildman–Crippen MR) is 85.0 cm³/mol. The van der Waals surface area contributed by atoms with Crippen molar-refractivity contribution in [1.29, 1.82) is 0 Å². The molecule has 0 aliphatic heterocycles. The van der Waals surface area contributed by atoms with E-state index in [1.165, 1.54) is 11.3 Å². The van der Waals surface area contributed by atoms with Crippen LogP contribution in [0.15, 0.2) is 18.2 Å². The number of carbonyl (C=O) groups is 2. The Morgan fingerprint density at radius 3 is 2.43 bits per heavy atom. The average molecular weight is 324 g/mol. The van der Waals surface area contributed by atoms with Crippen LogP contribution in [0.5, 0.6) is 0 Å². The van der Waals surface area contributed by atoms with E-state index >= 15 is 0 Å². The van der Waals surface area contributed by atoms with E-state index in [1.54, 1.807) is 18.2 Å². The fourth-order valence-electron chi connectivity index (χ4n) is 1.59. The van der Waals surface area contributed by atoms with Crippen LogP contribution < -0.4 is 10.6 Å². The van der Waals surface area contributed by atoms with Crippen LogP contribution in [-0.2, 0) is 9.59 Å². The molecule has 2 N–H and O–H groups in total. The van der Waals surface area contributed by atoms with Gasteiger partial charge in [0.2, 0.25) is 0 Å². The first-order valence-corrected chi connectivity index (χ1v) is 7.39. The van der Waals surface area contributed by atoms with Gasteiger partial charge in [-0.3, -0.25) is 14.9 Å². The van der Waals surface area contributed by atoms with E-state index in [9.17, 15) is 9.59 Å². The fourth-order valence-corrected chi connectivity index (χ4v) is 2.57. The van der Waals surface area contributed by atoms with Crippen LogP contribution in [0, 0.1) is 20.8 Å². The van der Waals surface area contributed by atoms with Crippen molar-refractivity contribution in [2.45, 2.75) is 20.8 Å². The van der Waals surface area contributed by atoms with Crippen molar-refractivity contribution < 1.29 is 9.59 Å². The van der Waals surface area contributed by atoms with Crippen molar-refractivity contribution in [3.05, 3.63) is 39.4 Å². The number of nitrogens with one attached hydrogen (secondary N) is 2. The second-order valence-corrected chi connectivity index (χ2v) is 6.17. The van der Waals surface area contributed by atoms with Gasteiger partial charge in [0.05, 0.1) is 5.69 Å². The van der Waals surface area contributed by atoms with E-state index < -0.39 is 11.8 Å². The number of carbonyl (C=O) groups excluding carboxylic acids is 2. The van der Waals surface area contributed by atoms with Crippen LogP contribution >= 0.6 is 22.9 Å². The summed E-state index contributed by atoms with van der Waals surface area (Å²) in [6.07, 6.45) is 0. The molecule has 2 aromatic rings. The third kappa shape index (κ3) is 3.80. The number of anilines is 2. The van der Waals surface area contributed by atoms with E-state index in [1.807, 2.05) is 20.8 Å². The maximum absolute atomic E-state index is 11.9.